The van der Waals surface area contributed by atoms with Crippen LogP contribution < -0.4 is 16.0 Å². The molecule has 0 unspecified atom stereocenters. The van der Waals surface area contributed by atoms with Gasteiger partial charge in [0.1, 0.15) is 17.2 Å². The van der Waals surface area contributed by atoms with Crippen LogP contribution in [0.4, 0.5) is 26.0 Å². The van der Waals surface area contributed by atoms with E-state index in [4.69, 9.17) is 11.0 Å². The number of primary amides is 1. The molecule has 2 aromatic carbocycles. The number of hydrogen-bond donors (Lipinski definition) is 3. The van der Waals surface area contributed by atoms with Gasteiger partial charge in [0.25, 0.3) is 5.91 Å². The molecule has 4 N–H and O–H groups in total. The largest absolute Gasteiger partial charge is 0.369 e. The van der Waals surface area contributed by atoms with Crippen molar-refractivity contribution in [1.82, 2.24) is 10.2 Å². The second-order valence-electron chi connectivity index (χ2n) is 8.14. The maximum atomic E-state index is 14.9. The van der Waals surface area contributed by atoms with E-state index >= 15 is 0 Å². The normalized spacial score (nSPS) is 14.2. The van der Waals surface area contributed by atoms with E-state index in [0.29, 0.717) is 59.9 Å². The van der Waals surface area contributed by atoms with Gasteiger partial charge in [-0.3, -0.25) is 9.89 Å². The first-order valence-corrected chi connectivity index (χ1v) is 10.7. The van der Waals surface area contributed by atoms with Crippen molar-refractivity contribution >= 4 is 23.1 Å². The number of hydrogen-bond acceptors (Lipinski definition) is 5. The zero-order valence-corrected chi connectivity index (χ0v) is 18.2. The highest BCUT2D eigenvalue weighted by Gasteiger charge is 2.29. The van der Waals surface area contributed by atoms with Crippen molar-refractivity contribution in [2.24, 2.45) is 5.73 Å². The Kier molecular flexibility index (Phi) is 6.27. The fraction of sp³-hybridized carbons (Fsp3) is 0.292. The minimum Gasteiger partial charge on any atom is -0.369 e. The van der Waals surface area contributed by atoms with Crippen LogP contribution in [-0.4, -0.2) is 29.2 Å². The molecule has 1 aromatic heterocycles. The summed E-state index contributed by atoms with van der Waals surface area (Å²) in [4.78, 5) is 14.2. The zero-order valence-electron chi connectivity index (χ0n) is 18.2. The Balaban J connectivity index is 1.50. The average molecular weight is 450 g/mol. The number of H-pyrrole nitrogens is 1. The third-order valence-corrected chi connectivity index (χ3v) is 6.14. The fourth-order valence-corrected chi connectivity index (χ4v) is 4.30. The first-order valence-electron chi connectivity index (χ1n) is 10.7. The maximum absolute atomic E-state index is 14.9. The number of nitrogens with two attached hydrogens (primary N) is 1. The lowest BCUT2D eigenvalue weighted by atomic mass is 9.90. The van der Waals surface area contributed by atoms with Crippen LogP contribution in [0.25, 0.3) is 0 Å². The predicted octanol–water partition coefficient (Wildman–Crippen LogP) is 4.29. The number of nitriles is 1. The van der Waals surface area contributed by atoms with Crippen LogP contribution >= 0.6 is 0 Å². The summed E-state index contributed by atoms with van der Waals surface area (Å²) in [5.41, 5.74) is 8.87. The van der Waals surface area contributed by atoms with Crippen molar-refractivity contribution in [2.75, 3.05) is 23.3 Å². The third kappa shape index (κ3) is 4.51. The van der Waals surface area contributed by atoms with Gasteiger partial charge in [-0.2, -0.15) is 10.4 Å². The van der Waals surface area contributed by atoms with Gasteiger partial charge >= 0.3 is 0 Å². The third-order valence-electron chi connectivity index (χ3n) is 6.14. The number of aromatic nitrogens is 2. The minimum atomic E-state index is -0.611. The second kappa shape index (κ2) is 9.28. The molecule has 9 heteroatoms. The number of aromatic amines is 1. The highest BCUT2D eigenvalue weighted by Crippen LogP contribution is 2.35. The van der Waals surface area contributed by atoms with Gasteiger partial charge in [0.15, 0.2) is 5.82 Å². The monoisotopic (exact) mass is 450 g/mol. The quantitative estimate of drug-likeness (QED) is 0.519. The van der Waals surface area contributed by atoms with Crippen LogP contribution in [0.15, 0.2) is 36.4 Å². The van der Waals surface area contributed by atoms with E-state index in [1.165, 1.54) is 12.1 Å². The summed E-state index contributed by atoms with van der Waals surface area (Å²) < 4.78 is 28.1. The lowest BCUT2D eigenvalue weighted by molar-refractivity contribution is 0.0999. The Morgan fingerprint density at radius 3 is 2.58 bits per heavy atom. The number of amides is 1. The molecule has 0 saturated carbocycles. The number of benzene rings is 2. The summed E-state index contributed by atoms with van der Waals surface area (Å²) >= 11 is 0. The van der Waals surface area contributed by atoms with Gasteiger partial charge in [0.05, 0.1) is 23.9 Å². The molecule has 7 nitrogen and oxygen atoms in total. The smallest absolute Gasteiger partial charge is 0.254 e. The molecule has 2 heterocycles. The minimum absolute atomic E-state index is 0.00189. The molecule has 1 saturated heterocycles. The molecule has 4 rings (SSSR count). The van der Waals surface area contributed by atoms with Gasteiger partial charge in [-0.25, -0.2) is 8.78 Å². The van der Waals surface area contributed by atoms with Crippen molar-refractivity contribution in [2.45, 2.75) is 32.1 Å². The van der Waals surface area contributed by atoms with E-state index < -0.39 is 5.91 Å². The zero-order chi connectivity index (χ0) is 23.5. The van der Waals surface area contributed by atoms with Crippen LogP contribution in [0.1, 0.15) is 45.9 Å². The lowest BCUT2D eigenvalue weighted by Crippen LogP contribution is -2.34. The first-order chi connectivity index (χ1) is 15.9. The fourth-order valence-electron chi connectivity index (χ4n) is 4.30. The second-order valence-corrected chi connectivity index (χ2v) is 8.14. The van der Waals surface area contributed by atoms with Crippen LogP contribution in [0.3, 0.4) is 0 Å². The van der Waals surface area contributed by atoms with Crippen molar-refractivity contribution in [3.63, 3.8) is 0 Å². The van der Waals surface area contributed by atoms with E-state index in [-0.39, 0.29) is 29.5 Å². The topological polar surface area (TPSA) is 111 Å². The summed E-state index contributed by atoms with van der Waals surface area (Å²) in [6.07, 6.45) is 1.53. The molecule has 1 aliphatic heterocycles. The SMILES string of the molecule is Cc1c(CC#N)ccc(N2CCC(c3[nH]nc(Nc4ccc(F)cc4)c3C(N)=O)CC2)c1F. The van der Waals surface area contributed by atoms with Crippen molar-refractivity contribution < 1.29 is 13.6 Å². The lowest BCUT2D eigenvalue weighted by Gasteiger charge is -2.34. The van der Waals surface area contributed by atoms with Crippen molar-refractivity contribution in [3.05, 3.63) is 70.4 Å². The number of halogens is 2. The van der Waals surface area contributed by atoms with E-state index in [1.54, 1.807) is 31.2 Å². The van der Waals surface area contributed by atoms with Crippen molar-refractivity contribution in [3.8, 4) is 6.07 Å². The van der Waals surface area contributed by atoms with Crippen LogP contribution in [0.5, 0.6) is 0 Å². The van der Waals surface area contributed by atoms with Crippen molar-refractivity contribution in [1.29, 1.82) is 5.26 Å². The number of anilines is 3. The highest BCUT2D eigenvalue weighted by atomic mass is 19.1. The molecule has 0 spiro atoms. The van der Waals surface area contributed by atoms with E-state index in [9.17, 15) is 13.6 Å². The summed E-state index contributed by atoms with van der Waals surface area (Å²) in [5.74, 6) is -0.980. The molecule has 1 fully saturated rings. The number of carbonyl (C=O) groups is 1. The van der Waals surface area contributed by atoms with Crippen LogP contribution in [-0.2, 0) is 6.42 Å². The predicted molar refractivity (Wildman–Crippen MR) is 121 cm³/mol. The number of rotatable bonds is 6. The number of nitrogens with zero attached hydrogens (tertiary/aromatic N) is 3. The summed E-state index contributed by atoms with van der Waals surface area (Å²) in [5, 5.41) is 19.1. The Hall–Kier alpha value is -3.93. The van der Waals surface area contributed by atoms with Gasteiger partial charge in [0, 0.05) is 24.7 Å². The summed E-state index contributed by atoms with van der Waals surface area (Å²) in [6, 6.07) is 11.3. The van der Waals surface area contributed by atoms with E-state index in [0.717, 1.165) is 0 Å². The molecule has 0 bridgehead atoms. The standard InChI is InChI=1S/C24H24F2N6O/c1-14-15(8-11-27)2-7-19(21(14)26)32-12-9-16(10-13-32)22-20(23(28)33)24(31-30-22)29-18-5-3-17(25)4-6-18/h2-7,16H,8-10,12-13H2,1H3,(H2,28,33)(H2,29,30,31). The molecule has 33 heavy (non-hydrogen) atoms. The molecule has 1 aliphatic rings. The number of carbonyl (C=O) groups excluding carboxylic acids is 1. The first kappa shape index (κ1) is 22.3. The highest BCUT2D eigenvalue weighted by molar-refractivity contribution is 5.99. The molecule has 170 valence electrons. The molecule has 3 aromatic rings. The molecule has 0 radical (unpaired) electrons. The molecular weight excluding hydrogens is 426 g/mol. The molecular formula is C24H24F2N6O. The molecule has 0 aliphatic carbocycles. The Bertz CT molecular complexity index is 1210. The van der Waals surface area contributed by atoms with Gasteiger partial charge < -0.3 is 16.0 Å². The molecule has 1 amide bonds. The average Bonchev–Trinajstić information content (AvgIpc) is 3.23. The van der Waals surface area contributed by atoms with Crippen LogP contribution in [0.2, 0.25) is 0 Å². The van der Waals surface area contributed by atoms with Gasteiger partial charge in [-0.1, -0.05) is 6.07 Å². The van der Waals surface area contributed by atoms with Gasteiger partial charge in [-0.05, 0) is 61.2 Å². The maximum Gasteiger partial charge on any atom is 0.254 e. The van der Waals surface area contributed by atoms with Gasteiger partial charge in [0.2, 0.25) is 0 Å². The molecule has 0 atom stereocenters. The van der Waals surface area contributed by atoms with E-state index in [1.807, 2.05) is 4.90 Å². The summed E-state index contributed by atoms with van der Waals surface area (Å²) in [6.45, 7) is 2.88. The Morgan fingerprint density at radius 1 is 1.24 bits per heavy atom. The Labute approximate surface area is 190 Å². The van der Waals surface area contributed by atoms with Crippen LogP contribution in [0, 0.1) is 29.9 Å². The number of nitrogens with one attached hydrogen (secondary N) is 2. The Morgan fingerprint density at radius 2 is 1.94 bits per heavy atom. The van der Waals surface area contributed by atoms with E-state index in [2.05, 4.69) is 21.6 Å². The van der Waals surface area contributed by atoms with Gasteiger partial charge in [-0.15, -0.1) is 0 Å². The number of piperidine rings is 1. The summed E-state index contributed by atoms with van der Waals surface area (Å²) in [7, 11) is 0.